The molecule has 53 heavy (non-hydrogen) atoms. The third-order valence-corrected chi connectivity index (χ3v) is 8.10. The van der Waals surface area contributed by atoms with Gasteiger partial charge in [0.2, 0.25) is 29.5 Å². The van der Waals surface area contributed by atoms with E-state index < -0.39 is 72.6 Å². The largest absolute Gasteiger partial charge is 0.481 e. The summed E-state index contributed by atoms with van der Waals surface area (Å²) in [4.78, 5) is 98.9. The highest BCUT2D eigenvalue weighted by molar-refractivity contribution is 5.98. The van der Waals surface area contributed by atoms with Gasteiger partial charge in [0.1, 0.15) is 24.2 Å². The molecule has 4 atom stereocenters. The molecule has 284 valence electrons. The van der Waals surface area contributed by atoms with Crippen molar-refractivity contribution in [3.63, 3.8) is 0 Å². The van der Waals surface area contributed by atoms with E-state index in [9.17, 15) is 38.7 Å². The van der Waals surface area contributed by atoms with Gasteiger partial charge in [0.05, 0.1) is 18.7 Å². The van der Waals surface area contributed by atoms with Crippen molar-refractivity contribution in [1.29, 1.82) is 0 Å². The van der Waals surface area contributed by atoms with E-state index in [4.69, 9.17) is 11.5 Å². The molecule has 0 unspecified atom stereocenters. The summed E-state index contributed by atoms with van der Waals surface area (Å²) in [5.41, 5.74) is 12.5. The highest BCUT2D eigenvalue weighted by Crippen LogP contribution is 2.12. The molecule has 2 aromatic carbocycles. The number of guanidine groups is 1. The Hall–Kier alpha value is -6.33. The minimum Gasteiger partial charge on any atom is -0.481 e. The average Bonchev–Trinajstić information content (AvgIpc) is 3.13. The maximum atomic E-state index is 13.9. The highest BCUT2D eigenvalue weighted by Gasteiger charge is 2.33. The molecule has 1 saturated heterocycles. The molecule has 6 amide bonds. The first-order valence-electron chi connectivity index (χ1n) is 17.0. The first kappa shape index (κ1) is 41.1. The Morgan fingerprint density at radius 3 is 2.02 bits per heavy atom. The van der Waals surface area contributed by atoms with E-state index in [1.54, 1.807) is 54.6 Å². The van der Waals surface area contributed by atoms with Crippen LogP contribution in [-0.2, 0) is 35.2 Å². The second kappa shape index (κ2) is 21.1. The lowest BCUT2D eigenvalue weighted by molar-refractivity contribution is -0.141. The number of nitrogens with zero attached hydrogens (tertiary/aromatic N) is 2. The van der Waals surface area contributed by atoms with Crippen LogP contribution in [0.3, 0.4) is 0 Å². The molecule has 1 aliphatic rings. The zero-order chi connectivity index (χ0) is 38.8. The van der Waals surface area contributed by atoms with Gasteiger partial charge in [-0.05, 0) is 68.7 Å². The first-order chi connectivity index (χ1) is 25.4. The molecule has 1 heterocycles. The average molecular weight is 735 g/mol. The van der Waals surface area contributed by atoms with Crippen LogP contribution in [0.2, 0.25) is 0 Å². The number of carbonyl (C=O) groups is 7. The van der Waals surface area contributed by atoms with Crippen LogP contribution in [0.25, 0.3) is 0 Å². The summed E-state index contributed by atoms with van der Waals surface area (Å²) >= 11 is 0. The minimum atomic E-state index is -1.59. The van der Waals surface area contributed by atoms with E-state index >= 15 is 0 Å². The van der Waals surface area contributed by atoms with Gasteiger partial charge in [0.15, 0.2) is 5.96 Å². The maximum absolute atomic E-state index is 13.9. The fourth-order valence-corrected chi connectivity index (χ4v) is 5.33. The Balaban J connectivity index is 1.86. The Kier molecular flexibility index (Phi) is 16.4. The van der Waals surface area contributed by atoms with Crippen LogP contribution in [0.5, 0.6) is 0 Å². The molecule has 1 aliphatic heterocycles. The summed E-state index contributed by atoms with van der Waals surface area (Å²) in [5.74, 6) is -5.94. The van der Waals surface area contributed by atoms with Crippen molar-refractivity contribution < 1.29 is 38.7 Å². The lowest BCUT2D eigenvalue weighted by atomic mass is 10.0. The van der Waals surface area contributed by atoms with Crippen molar-refractivity contribution in [1.82, 2.24) is 31.9 Å². The number of carbonyl (C=O) groups excluding carboxylic acids is 6. The summed E-state index contributed by atoms with van der Waals surface area (Å²) in [6.07, 6.45) is 0.278. The van der Waals surface area contributed by atoms with Crippen molar-refractivity contribution in [3.05, 3.63) is 65.7 Å². The van der Waals surface area contributed by atoms with Crippen LogP contribution in [0, 0.1) is 0 Å². The van der Waals surface area contributed by atoms with Gasteiger partial charge in [-0.1, -0.05) is 30.3 Å². The zero-order valence-corrected chi connectivity index (χ0v) is 29.1. The first-order valence-corrected chi connectivity index (χ1v) is 17.0. The van der Waals surface area contributed by atoms with E-state index in [1.807, 2.05) is 0 Å². The number of amides is 6. The van der Waals surface area contributed by atoms with Gasteiger partial charge in [-0.25, -0.2) is 0 Å². The van der Waals surface area contributed by atoms with E-state index in [-0.39, 0.29) is 50.6 Å². The van der Waals surface area contributed by atoms with E-state index in [2.05, 4.69) is 48.6 Å². The topological polar surface area (TPSA) is 289 Å². The van der Waals surface area contributed by atoms with E-state index in [0.29, 0.717) is 29.7 Å². The van der Waals surface area contributed by atoms with Crippen molar-refractivity contribution in [2.24, 2.45) is 21.5 Å². The third-order valence-electron chi connectivity index (χ3n) is 8.10. The minimum absolute atomic E-state index is 0.0379. The molecule has 0 radical (unpaired) electrons. The molecule has 0 aromatic heterocycles. The number of nitrogens with two attached hydrogens (primary N) is 2. The summed E-state index contributed by atoms with van der Waals surface area (Å²) in [5, 5.41) is 24.8. The van der Waals surface area contributed by atoms with E-state index in [1.165, 1.54) is 0 Å². The predicted molar refractivity (Wildman–Crippen MR) is 195 cm³/mol. The van der Waals surface area contributed by atoms with Crippen molar-refractivity contribution in [2.45, 2.75) is 69.1 Å². The van der Waals surface area contributed by atoms with Crippen molar-refractivity contribution >= 4 is 59.8 Å². The smallest absolute Gasteiger partial charge is 0.305 e. The molecule has 0 spiro atoms. The number of hydrogen-bond acceptors (Lipinski definition) is 9. The quantitative estimate of drug-likeness (QED) is 0.0596. The molecule has 1 fully saturated rings. The van der Waals surface area contributed by atoms with Gasteiger partial charge in [0.25, 0.3) is 5.91 Å². The predicted octanol–water partition coefficient (Wildman–Crippen LogP) is -1.24. The SMILES string of the molecule is C=Nc1ccc(C(=O)NCCCC[C@@H]2NC(=O)[C@@H](Cc3ccccc3)NC(=O)[C@H](CC(=O)O)NC(=O)CNC(=O)[C@H](CCCN=C(N)N)NC2=O)cc1. The molecule has 18 nitrogen and oxygen atoms in total. The number of hydrogen-bond donors (Lipinski definition) is 9. The lowest BCUT2D eigenvalue weighted by Gasteiger charge is -2.26. The van der Waals surface area contributed by atoms with Crippen LogP contribution < -0.4 is 43.4 Å². The van der Waals surface area contributed by atoms with Crippen molar-refractivity contribution in [3.8, 4) is 0 Å². The molecule has 0 bridgehead atoms. The maximum Gasteiger partial charge on any atom is 0.305 e. The summed E-state index contributed by atoms with van der Waals surface area (Å²) in [6, 6.07) is 9.91. The fourth-order valence-electron chi connectivity index (χ4n) is 5.33. The van der Waals surface area contributed by atoms with Crippen LogP contribution in [0.1, 0.15) is 54.4 Å². The summed E-state index contributed by atoms with van der Waals surface area (Å²) in [7, 11) is 0. The Morgan fingerprint density at radius 1 is 0.774 bits per heavy atom. The van der Waals surface area contributed by atoms with Gasteiger partial charge >= 0.3 is 5.97 Å². The third kappa shape index (κ3) is 14.4. The van der Waals surface area contributed by atoms with E-state index in [0.717, 1.165) is 0 Å². The number of aliphatic carboxylic acids is 1. The highest BCUT2D eigenvalue weighted by atomic mass is 16.4. The molecule has 3 rings (SSSR count). The van der Waals surface area contributed by atoms with Crippen LogP contribution in [0.4, 0.5) is 5.69 Å². The molecule has 0 saturated carbocycles. The molecule has 2 aromatic rings. The number of nitrogens with one attached hydrogen (secondary N) is 6. The second-order valence-electron chi connectivity index (χ2n) is 12.2. The van der Waals surface area contributed by atoms with Crippen LogP contribution in [-0.4, -0.2) is 103 Å². The van der Waals surface area contributed by atoms with Gasteiger partial charge in [-0.2, -0.15) is 0 Å². The Labute approximate surface area is 306 Å². The Morgan fingerprint density at radius 2 is 1.38 bits per heavy atom. The van der Waals surface area contributed by atoms with Gasteiger partial charge in [-0.15, -0.1) is 0 Å². The van der Waals surface area contributed by atoms with Crippen LogP contribution in [0.15, 0.2) is 64.6 Å². The summed E-state index contributed by atoms with van der Waals surface area (Å²) < 4.78 is 0. The number of aliphatic imine (C=N–C) groups is 2. The Bertz CT molecular complexity index is 1650. The van der Waals surface area contributed by atoms with Gasteiger partial charge < -0.3 is 48.5 Å². The van der Waals surface area contributed by atoms with Crippen molar-refractivity contribution in [2.75, 3.05) is 19.6 Å². The van der Waals surface area contributed by atoms with Crippen LogP contribution >= 0.6 is 0 Å². The lowest BCUT2D eigenvalue weighted by Crippen LogP contribution is -2.58. The number of benzene rings is 2. The standard InChI is InChI=1S/C35H46N10O8/c1-38-23-14-12-22(13-15-23)30(49)39-16-6-5-10-25-32(51)43-24(11-7-17-40-35(36)37)31(50)41-20-28(46)42-27(19-29(47)48)34(53)45-26(33(52)44-25)18-21-8-3-2-4-9-21/h2-4,8-9,12-15,24-27H,1,5-7,10-11,16-20H2,(H,39,49)(H,41,50)(H,42,46)(H,43,51)(H,44,52)(H,45,53)(H,47,48)(H4,36,37,40)/t24-,25-,26+,27-/m0/s1. The molecule has 11 N–H and O–H groups in total. The second-order valence-corrected chi connectivity index (χ2v) is 12.2. The van der Waals surface area contributed by atoms with Gasteiger partial charge in [-0.3, -0.25) is 43.5 Å². The molecule has 0 aliphatic carbocycles. The zero-order valence-electron chi connectivity index (χ0n) is 29.1. The number of carboxylic acid groups (broad SMARTS) is 1. The fraction of sp³-hybridized carbons (Fsp3) is 0.400. The molecular weight excluding hydrogens is 688 g/mol. The number of unbranched alkanes of at least 4 members (excludes halogenated alkanes) is 1. The normalized spacial score (nSPS) is 19.8. The molecular formula is C35H46N10O8. The molecule has 18 heteroatoms. The number of carboxylic acids is 1. The number of rotatable bonds is 15. The monoisotopic (exact) mass is 734 g/mol. The summed E-state index contributed by atoms with van der Waals surface area (Å²) in [6.45, 7) is 3.19. The van der Waals surface area contributed by atoms with Gasteiger partial charge in [0, 0.05) is 25.1 Å².